The number of halogens is 2. The minimum atomic E-state index is -1.20. The van der Waals surface area contributed by atoms with Crippen LogP contribution in [0.2, 0.25) is 0 Å². The number of anilines is 4. The molecule has 6 aliphatic rings. The Morgan fingerprint density at radius 2 is 1.57 bits per heavy atom. The van der Waals surface area contributed by atoms with Gasteiger partial charge in [0, 0.05) is 86.9 Å². The number of carbonyl (C=O) groups excluding carboxylic acids is 6. The zero-order valence-corrected chi connectivity index (χ0v) is 38.1. The lowest BCUT2D eigenvalue weighted by molar-refractivity contribution is -0.137. The van der Waals surface area contributed by atoms with Gasteiger partial charge in [0.15, 0.2) is 0 Å². The van der Waals surface area contributed by atoms with Gasteiger partial charge in [0.1, 0.15) is 40.4 Å². The largest absolute Gasteiger partial charge is 0.457 e. The molecule has 2 bridgehead atoms. The molecular weight excluding hydrogens is 903 g/mol. The first-order valence-corrected chi connectivity index (χ1v) is 23.8. The number of hydrogen-bond acceptors (Lipinski definition) is 12. The monoisotopic (exact) mass is 952 g/mol. The predicted octanol–water partition coefficient (Wildman–Crippen LogP) is 5.43. The normalized spacial score (nSPS) is 21.7. The van der Waals surface area contributed by atoms with Crippen molar-refractivity contribution in [2.75, 3.05) is 60.1 Å². The van der Waals surface area contributed by atoms with Crippen molar-refractivity contribution >= 4 is 69.2 Å². The molecule has 4 saturated heterocycles. The zero-order chi connectivity index (χ0) is 48.3. The fourth-order valence-electron chi connectivity index (χ4n) is 10.7. The summed E-state index contributed by atoms with van der Waals surface area (Å²) in [6, 6.07) is 18.4. The van der Waals surface area contributed by atoms with Crippen LogP contribution in [-0.2, 0) is 30.5 Å². The summed E-state index contributed by atoms with van der Waals surface area (Å²) in [7, 11) is 0. The number of aromatic nitrogens is 2. The predicted molar refractivity (Wildman–Crippen MR) is 253 cm³/mol. The summed E-state index contributed by atoms with van der Waals surface area (Å²) >= 11 is 0. The second-order valence-electron chi connectivity index (χ2n) is 19.2. The highest BCUT2D eigenvalue weighted by Crippen LogP contribution is 2.48. The van der Waals surface area contributed by atoms with E-state index in [1.54, 1.807) is 48.7 Å². The number of piperazine rings is 1. The number of rotatable bonds is 13. The number of nitrogens with one attached hydrogen (secondary N) is 4. The van der Waals surface area contributed by atoms with Crippen LogP contribution in [-0.4, -0.2) is 118 Å². The summed E-state index contributed by atoms with van der Waals surface area (Å²) in [6.45, 7) is 4.09. The second-order valence-corrected chi connectivity index (χ2v) is 19.2. The van der Waals surface area contributed by atoms with Gasteiger partial charge in [-0.15, -0.1) is 0 Å². The quantitative estimate of drug-likeness (QED) is 0.0864. The van der Waals surface area contributed by atoms with Crippen LogP contribution in [0.4, 0.5) is 31.7 Å². The van der Waals surface area contributed by atoms with Gasteiger partial charge in [-0.2, -0.15) is 0 Å². The number of likely N-dealkylation sites (tertiary alicyclic amines) is 2. The lowest BCUT2D eigenvalue weighted by atomic mass is 9.95. The van der Waals surface area contributed by atoms with Crippen molar-refractivity contribution in [1.82, 2.24) is 30.0 Å². The van der Waals surface area contributed by atoms with E-state index < -0.39 is 35.0 Å². The van der Waals surface area contributed by atoms with Crippen molar-refractivity contribution in [3.05, 3.63) is 108 Å². The minimum absolute atomic E-state index is 0.0102. The highest BCUT2D eigenvalue weighted by molar-refractivity contribution is 6.17. The highest BCUT2D eigenvalue weighted by atomic mass is 19.1. The van der Waals surface area contributed by atoms with E-state index in [1.807, 2.05) is 4.90 Å². The first-order valence-electron chi connectivity index (χ1n) is 23.8. The third-order valence-corrected chi connectivity index (χ3v) is 14.8. The number of piperidine rings is 2. The number of hydrogen-bond donors (Lipinski definition) is 4. The Balaban J connectivity index is 0.638. The van der Waals surface area contributed by atoms with Gasteiger partial charge in [0.2, 0.25) is 29.5 Å². The Hall–Kier alpha value is -7.54. The minimum Gasteiger partial charge on any atom is -0.457 e. The molecule has 5 aliphatic heterocycles. The van der Waals surface area contributed by atoms with Crippen molar-refractivity contribution in [2.45, 2.75) is 69.6 Å². The van der Waals surface area contributed by atoms with E-state index >= 15 is 4.39 Å². The third-order valence-electron chi connectivity index (χ3n) is 14.8. The summed E-state index contributed by atoms with van der Waals surface area (Å²) in [5, 5.41) is 11.5. The van der Waals surface area contributed by atoms with Crippen LogP contribution in [0, 0.1) is 23.0 Å². The average Bonchev–Trinajstić information content (AvgIpc) is 3.80. The summed E-state index contributed by atoms with van der Waals surface area (Å²) in [4.78, 5) is 93.6. The number of benzene rings is 3. The van der Waals surface area contributed by atoms with Crippen LogP contribution >= 0.6 is 0 Å². The number of nitrogens with zero attached hydrogens (tertiary/aromatic N) is 6. The molecule has 1 saturated carbocycles. The molecule has 0 spiro atoms. The smallest absolute Gasteiger partial charge is 0.256 e. The molecule has 7 heterocycles. The number of pyridine rings is 2. The van der Waals surface area contributed by atoms with Crippen molar-refractivity contribution < 1.29 is 42.3 Å². The average molecular weight is 953 g/mol. The van der Waals surface area contributed by atoms with Gasteiger partial charge < -0.3 is 35.4 Å². The summed E-state index contributed by atoms with van der Waals surface area (Å²) in [5.74, 6) is -0.980. The first-order chi connectivity index (χ1) is 33.9. The van der Waals surface area contributed by atoms with Crippen LogP contribution < -0.4 is 30.9 Å². The standard InChI is InChI=1S/C51H50F2N10O7/c52-31-1-3-32(4-2-31)57-49(68)51(14-15-51)50(69)58-33-5-7-36(8-6-33)70-43-11-16-54-40-22-42(39(53)21-37(40)43)60-17-12-29(13-18-60)25-61-27-35-20-34(61)28-62(35)46(65)24-56-44-19-30-26-63(48(67)38(30)23-55-44)41-9-10-45(64)59-47(41)66/h1-8,11,16,19,21-23,29,34-35,41H,9-10,12-15,17-18,20,24-28H2,(H,55,56)(H,57,68)(H,58,69)(H,59,64,66)/t34-,35-,41?/m1/s1. The number of imide groups is 1. The number of ether oxygens (including phenoxy) is 1. The zero-order valence-electron chi connectivity index (χ0n) is 38.1. The van der Waals surface area contributed by atoms with Crippen LogP contribution in [0.15, 0.2) is 85.2 Å². The van der Waals surface area contributed by atoms with Crippen molar-refractivity contribution in [2.24, 2.45) is 11.3 Å². The van der Waals surface area contributed by atoms with Gasteiger partial charge in [0.05, 0.1) is 23.3 Å². The lowest BCUT2D eigenvalue weighted by Crippen LogP contribution is -2.52. The van der Waals surface area contributed by atoms with Crippen LogP contribution in [0.3, 0.4) is 0 Å². The molecule has 5 fully saturated rings. The van der Waals surface area contributed by atoms with Crippen molar-refractivity contribution in [3.63, 3.8) is 0 Å². The lowest BCUT2D eigenvalue weighted by Gasteiger charge is -2.39. The molecule has 11 rings (SSSR count). The molecule has 4 N–H and O–H groups in total. The molecule has 17 nitrogen and oxygen atoms in total. The van der Waals surface area contributed by atoms with E-state index in [4.69, 9.17) is 4.74 Å². The number of carbonyl (C=O) groups is 6. The van der Waals surface area contributed by atoms with E-state index in [2.05, 4.69) is 41.0 Å². The molecule has 1 aliphatic carbocycles. The molecule has 360 valence electrons. The molecular formula is C51H50F2N10O7. The molecule has 1 unspecified atom stereocenters. The van der Waals surface area contributed by atoms with Crippen molar-refractivity contribution in [3.8, 4) is 11.5 Å². The Morgan fingerprint density at radius 1 is 0.843 bits per heavy atom. The van der Waals surface area contributed by atoms with Crippen LogP contribution in [0.1, 0.15) is 60.9 Å². The molecule has 0 radical (unpaired) electrons. The molecule has 70 heavy (non-hydrogen) atoms. The third kappa shape index (κ3) is 8.73. The van der Waals surface area contributed by atoms with Crippen molar-refractivity contribution in [1.29, 1.82) is 0 Å². The van der Waals surface area contributed by atoms with E-state index in [-0.39, 0.29) is 61.6 Å². The fraction of sp³-hybridized carbons (Fsp3) is 0.373. The Bertz CT molecular complexity index is 2940. The van der Waals surface area contributed by atoms with Crippen LogP contribution in [0.25, 0.3) is 10.9 Å². The van der Waals surface area contributed by atoms with Gasteiger partial charge in [-0.25, -0.2) is 13.8 Å². The molecule has 3 atom stereocenters. The maximum Gasteiger partial charge on any atom is 0.256 e. The van der Waals surface area contributed by atoms with Gasteiger partial charge in [-0.3, -0.25) is 44.0 Å². The SMILES string of the molecule is O=C1CCC(N2Cc3cc(NCC(=O)N4C[C@H]5C[C@@H]4CN5CC4CCN(c5cc6nccc(Oc7ccc(NC(=O)C8(C(=O)Nc9ccc(F)cc9)CC8)cc7)c6cc5F)CC4)ncc3C2=O)C(=O)N1. The topological polar surface area (TPSA) is 199 Å². The van der Waals surface area contributed by atoms with E-state index in [9.17, 15) is 33.2 Å². The summed E-state index contributed by atoms with van der Waals surface area (Å²) in [5.41, 5.74) is 1.90. The molecule has 5 aromatic rings. The van der Waals surface area contributed by atoms with E-state index in [0.29, 0.717) is 94.8 Å². The van der Waals surface area contributed by atoms with Gasteiger partial charge in [-0.05, 0) is 123 Å². The van der Waals surface area contributed by atoms with Gasteiger partial charge in [-0.1, -0.05) is 0 Å². The maximum absolute atomic E-state index is 15.9. The Labute approximate surface area is 400 Å². The number of fused-ring (bicyclic) bond motifs is 4. The molecule has 19 heteroatoms. The van der Waals surface area contributed by atoms with Crippen LogP contribution in [0.5, 0.6) is 11.5 Å². The Morgan fingerprint density at radius 3 is 2.26 bits per heavy atom. The second kappa shape index (κ2) is 18.1. The summed E-state index contributed by atoms with van der Waals surface area (Å²) in [6.07, 6.45) is 7.08. The Kier molecular flexibility index (Phi) is 11.6. The van der Waals surface area contributed by atoms with Gasteiger partial charge in [0.25, 0.3) is 5.91 Å². The van der Waals surface area contributed by atoms with E-state index in [1.165, 1.54) is 41.4 Å². The number of amides is 6. The first kappa shape index (κ1) is 44.9. The fourth-order valence-corrected chi connectivity index (χ4v) is 10.7. The maximum atomic E-state index is 15.9. The summed E-state index contributed by atoms with van der Waals surface area (Å²) < 4.78 is 35.4. The molecule has 3 aromatic carbocycles. The van der Waals surface area contributed by atoms with E-state index in [0.717, 1.165) is 32.4 Å². The highest BCUT2D eigenvalue weighted by Gasteiger charge is 2.56. The molecule has 2 aromatic heterocycles. The molecule has 6 amide bonds. The van der Waals surface area contributed by atoms with Gasteiger partial charge >= 0.3 is 0 Å².